The first-order valence-corrected chi connectivity index (χ1v) is 6.48. The van der Waals surface area contributed by atoms with E-state index in [4.69, 9.17) is 0 Å². The van der Waals surface area contributed by atoms with E-state index in [0.717, 1.165) is 5.56 Å². The number of rotatable bonds is 7. The van der Waals surface area contributed by atoms with Crippen molar-refractivity contribution < 1.29 is 19.4 Å². The minimum Gasteiger partial charge on any atom is -0.467 e. The molecule has 2 atom stereocenters. The van der Waals surface area contributed by atoms with E-state index in [9.17, 15) is 14.7 Å². The zero-order chi connectivity index (χ0) is 15.1. The van der Waals surface area contributed by atoms with Crippen molar-refractivity contribution in [1.29, 1.82) is 0 Å². The summed E-state index contributed by atoms with van der Waals surface area (Å²) in [5.41, 5.74) is 1.10. The van der Waals surface area contributed by atoms with E-state index in [-0.39, 0.29) is 18.2 Å². The first-order chi connectivity index (χ1) is 9.45. The Hall–Kier alpha value is -1.72. The van der Waals surface area contributed by atoms with Crippen molar-refractivity contribution in [3.8, 4) is 0 Å². The molecule has 5 nitrogen and oxygen atoms in total. The lowest BCUT2D eigenvalue weighted by Gasteiger charge is -2.24. The van der Waals surface area contributed by atoms with E-state index < -0.39 is 12.1 Å². The fourth-order valence-electron chi connectivity index (χ4n) is 1.83. The molecule has 0 saturated carbocycles. The summed E-state index contributed by atoms with van der Waals surface area (Å²) in [5, 5.41) is 9.49. The molecule has 0 aliphatic rings. The molecule has 1 N–H and O–H groups in total. The molecule has 1 unspecified atom stereocenters. The molecule has 5 heteroatoms. The Morgan fingerprint density at radius 1 is 1.30 bits per heavy atom. The SMILES string of the molecule is COC(=O)C(O)CC(=O)[C@H](C)N(C)Cc1ccccc1. The first kappa shape index (κ1) is 16.3. The third kappa shape index (κ3) is 4.75. The maximum atomic E-state index is 12.0. The molecule has 0 radical (unpaired) electrons. The first-order valence-electron chi connectivity index (χ1n) is 6.48. The molecule has 0 aliphatic heterocycles. The summed E-state index contributed by atoms with van der Waals surface area (Å²) in [6.07, 6.45) is -1.62. The molecule has 1 aromatic carbocycles. The summed E-state index contributed by atoms with van der Waals surface area (Å²) in [6, 6.07) is 9.40. The normalized spacial score (nSPS) is 13.8. The number of ether oxygens (including phenoxy) is 1. The molecule has 0 aliphatic carbocycles. The second-order valence-corrected chi connectivity index (χ2v) is 4.79. The van der Waals surface area contributed by atoms with Gasteiger partial charge < -0.3 is 9.84 Å². The van der Waals surface area contributed by atoms with E-state index in [2.05, 4.69) is 4.74 Å². The lowest BCUT2D eigenvalue weighted by molar-refractivity contribution is -0.152. The number of Topliss-reactive ketones (excluding diaryl/α,β-unsaturated/α-hetero) is 1. The van der Waals surface area contributed by atoms with Gasteiger partial charge in [0.25, 0.3) is 0 Å². The molecule has 20 heavy (non-hydrogen) atoms. The summed E-state index contributed by atoms with van der Waals surface area (Å²) in [4.78, 5) is 25.0. The number of aliphatic hydroxyl groups is 1. The van der Waals surface area contributed by atoms with Crippen LogP contribution in [0.25, 0.3) is 0 Å². The molecule has 1 rings (SSSR count). The van der Waals surface area contributed by atoms with Gasteiger partial charge in [0.05, 0.1) is 13.2 Å². The molecule has 0 fully saturated rings. The number of nitrogens with zero attached hydrogens (tertiary/aromatic N) is 1. The van der Waals surface area contributed by atoms with Crippen LogP contribution >= 0.6 is 0 Å². The second-order valence-electron chi connectivity index (χ2n) is 4.79. The maximum absolute atomic E-state index is 12.0. The van der Waals surface area contributed by atoms with Crippen LogP contribution in [0.3, 0.4) is 0 Å². The number of likely N-dealkylation sites (N-methyl/N-ethyl adjacent to an activating group) is 1. The van der Waals surface area contributed by atoms with Gasteiger partial charge in [-0.05, 0) is 19.5 Å². The van der Waals surface area contributed by atoms with Gasteiger partial charge in [0.15, 0.2) is 11.9 Å². The Morgan fingerprint density at radius 2 is 1.90 bits per heavy atom. The molecule has 0 spiro atoms. The van der Waals surface area contributed by atoms with E-state index >= 15 is 0 Å². The number of hydrogen-bond acceptors (Lipinski definition) is 5. The summed E-state index contributed by atoms with van der Waals surface area (Å²) in [7, 11) is 3.01. The molecule has 0 bridgehead atoms. The van der Waals surface area contributed by atoms with Gasteiger partial charge in [-0.15, -0.1) is 0 Å². The average Bonchev–Trinajstić information content (AvgIpc) is 2.46. The van der Waals surface area contributed by atoms with Gasteiger partial charge >= 0.3 is 5.97 Å². The number of methoxy groups -OCH3 is 1. The van der Waals surface area contributed by atoms with Gasteiger partial charge in [0, 0.05) is 13.0 Å². The lowest BCUT2D eigenvalue weighted by atomic mass is 10.1. The summed E-state index contributed by atoms with van der Waals surface area (Å²) < 4.78 is 4.39. The number of aliphatic hydroxyl groups excluding tert-OH is 1. The standard InChI is InChI=1S/C15H21NO4/c1-11(13(17)9-14(18)15(19)20-3)16(2)10-12-7-5-4-6-8-12/h4-8,11,14,18H,9-10H2,1-3H3/t11-,14?/m0/s1. The van der Waals surface area contributed by atoms with Crippen molar-refractivity contribution in [2.24, 2.45) is 0 Å². The van der Waals surface area contributed by atoms with Crippen molar-refractivity contribution in [3.63, 3.8) is 0 Å². The molecule has 1 aromatic rings. The minimum absolute atomic E-state index is 0.193. The highest BCUT2D eigenvalue weighted by molar-refractivity contribution is 5.88. The van der Waals surface area contributed by atoms with Crippen LogP contribution in [0.4, 0.5) is 0 Å². The smallest absolute Gasteiger partial charge is 0.335 e. The number of carbonyl (C=O) groups is 2. The van der Waals surface area contributed by atoms with Crippen LogP contribution in [-0.2, 0) is 20.9 Å². The monoisotopic (exact) mass is 279 g/mol. The van der Waals surface area contributed by atoms with Gasteiger partial charge in [-0.25, -0.2) is 4.79 Å². The molecule has 0 saturated heterocycles. The van der Waals surface area contributed by atoms with Crippen molar-refractivity contribution >= 4 is 11.8 Å². The van der Waals surface area contributed by atoms with E-state index in [1.54, 1.807) is 6.92 Å². The summed E-state index contributed by atoms with van der Waals surface area (Å²) in [5.74, 6) is -0.974. The van der Waals surface area contributed by atoms with Crippen molar-refractivity contribution in [2.45, 2.75) is 32.0 Å². The average molecular weight is 279 g/mol. The predicted octanol–water partition coefficient (Wildman–Crippen LogP) is 1.000. The predicted molar refractivity (Wildman–Crippen MR) is 75.0 cm³/mol. The largest absolute Gasteiger partial charge is 0.467 e. The van der Waals surface area contributed by atoms with Crippen LogP contribution < -0.4 is 0 Å². The van der Waals surface area contributed by atoms with Gasteiger partial charge in [-0.1, -0.05) is 30.3 Å². The maximum Gasteiger partial charge on any atom is 0.335 e. The lowest BCUT2D eigenvalue weighted by Crippen LogP contribution is -2.38. The molecule has 0 heterocycles. The number of hydrogen-bond donors (Lipinski definition) is 1. The van der Waals surface area contributed by atoms with Gasteiger partial charge in [0.2, 0.25) is 0 Å². The van der Waals surface area contributed by atoms with E-state index in [1.165, 1.54) is 7.11 Å². The summed E-state index contributed by atoms with van der Waals surface area (Å²) in [6.45, 7) is 2.39. The van der Waals surface area contributed by atoms with Gasteiger partial charge in [0.1, 0.15) is 0 Å². The fourth-order valence-corrected chi connectivity index (χ4v) is 1.83. The van der Waals surface area contributed by atoms with Crippen LogP contribution in [-0.4, -0.2) is 48.1 Å². The van der Waals surface area contributed by atoms with Crippen LogP contribution in [0.2, 0.25) is 0 Å². The molecule has 110 valence electrons. The molecule has 0 aromatic heterocycles. The van der Waals surface area contributed by atoms with Crippen LogP contribution in [0.15, 0.2) is 30.3 Å². The Bertz CT molecular complexity index is 446. The minimum atomic E-state index is -1.39. The third-order valence-electron chi connectivity index (χ3n) is 3.27. The Balaban J connectivity index is 2.53. The molecule has 0 amide bonds. The van der Waals surface area contributed by atoms with Crippen LogP contribution in [0, 0.1) is 0 Å². The van der Waals surface area contributed by atoms with Gasteiger partial charge in [-0.2, -0.15) is 0 Å². The van der Waals surface area contributed by atoms with Crippen LogP contribution in [0.5, 0.6) is 0 Å². The molecular formula is C15H21NO4. The number of carbonyl (C=O) groups excluding carboxylic acids is 2. The highest BCUT2D eigenvalue weighted by Crippen LogP contribution is 2.09. The van der Waals surface area contributed by atoms with Crippen molar-refractivity contribution in [3.05, 3.63) is 35.9 Å². The van der Waals surface area contributed by atoms with Crippen molar-refractivity contribution in [1.82, 2.24) is 4.90 Å². The zero-order valence-corrected chi connectivity index (χ0v) is 12.1. The van der Waals surface area contributed by atoms with Crippen LogP contribution in [0.1, 0.15) is 18.9 Å². The fraction of sp³-hybridized carbons (Fsp3) is 0.467. The zero-order valence-electron chi connectivity index (χ0n) is 12.1. The Kier molecular flexibility index (Phi) is 6.35. The van der Waals surface area contributed by atoms with Gasteiger partial charge in [-0.3, -0.25) is 9.69 Å². The Morgan fingerprint density at radius 3 is 2.45 bits per heavy atom. The van der Waals surface area contributed by atoms with E-state index in [1.807, 2.05) is 42.3 Å². The Labute approximate surface area is 119 Å². The topological polar surface area (TPSA) is 66.8 Å². The molecular weight excluding hydrogens is 258 g/mol. The van der Waals surface area contributed by atoms with Crippen molar-refractivity contribution in [2.75, 3.05) is 14.2 Å². The number of ketones is 1. The number of benzene rings is 1. The second kappa shape index (κ2) is 7.77. The number of esters is 1. The summed E-state index contributed by atoms with van der Waals surface area (Å²) >= 11 is 0. The highest BCUT2D eigenvalue weighted by atomic mass is 16.5. The quantitative estimate of drug-likeness (QED) is 0.754. The highest BCUT2D eigenvalue weighted by Gasteiger charge is 2.25. The third-order valence-corrected chi connectivity index (χ3v) is 3.27. The van der Waals surface area contributed by atoms with E-state index in [0.29, 0.717) is 6.54 Å².